The van der Waals surface area contributed by atoms with Crippen LogP contribution in [0.1, 0.15) is 24.8 Å². The van der Waals surface area contributed by atoms with Gasteiger partial charge >= 0.3 is 5.97 Å². The summed E-state index contributed by atoms with van der Waals surface area (Å²) in [5, 5.41) is 12.4. The Morgan fingerprint density at radius 3 is 2.68 bits per heavy atom. The molecule has 1 saturated carbocycles. The van der Waals surface area contributed by atoms with Gasteiger partial charge in [0, 0.05) is 17.5 Å². The maximum atomic E-state index is 11.9. The molecule has 0 unspecified atom stereocenters. The molecule has 102 valence electrons. The van der Waals surface area contributed by atoms with Crippen molar-refractivity contribution in [3.05, 3.63) is 34.9 Å². The Labute approximate surface area is 116 Å². The van der Waals surface area contributed by atoms with E-state index in [-0.39, 0.29) is 17.7 Å². The first-order chi connectivity index (χ1) is 9.06. The highest BCUT2D eigenvalue weighted by atomic mass is 35.5. The van der Waals surface area contributed by atoms with E-state index in [1.54, 1.807) is 12.1 Å². The number of carbonyl (C=O) groups is 2. The van der Waals surface area contributed by atoms with Crippen LogP contribution >= 0.6 is 11.6 Å². The molecule has 0 spiro atoms. The molecule has 5 heteroatoms. The van der Waals surface area contributed by atoms with Crippen LogP contribution in [-0.4, -0.2) is 17.0 Å². The van der Waals surface area contributed by atoms with Gasteiger partial charge in [-0.15, -0.1) is 0 Å². The fourth-order valence-corrected chi connectivity index (χ4v) is 2.64. The number of amides is 1. The molecule has 1 aliphatic rings. The van der Waals surface area contributed by atoms with Crippen LogP contribution in [0.3, 0.4) is 0 Å². The molecule has 2 atom stereocenters. The largest absolute Gasteiger partial charge is 0.481 e. The highest BCUT2D eigenvalue weighted by molar-refractivity contribution is 6.30. The van der Waals surface area contributed by atoms with Crippen LogP contribution in [0.25, 0.3) is 0 Å². The number of halogens is 1. The van der Waals surface area contributed by atoms with Crippen molar-refractivity contribution < 1.29 is 14.7 Å². The molecule has 1 amide bonds. The molecule has 1 aliphatic carbocycles. The van der Waals surface area contributed by atoms with Gasteiger partial charge in [0.1, 0.15) is 0 Å². The van der Waals surface area contributed by atoms with Crippen LogP contribution < -0.4 is 5.32 Å². The van der Waals surface area contributed by atoms with E-state index < -0.39 is 5.97 Å². The summed E-state index contributed by atoms with van der Waals surface area (Å²) in [6.45, 7) is 0.424. The normalized spacial score (nSPS) is 22.2. The van der Waals surface area contributed by atoms with Crippen molar-refractivity contribution in [3.63, 3.8) is 0 Å². The smallest absolute Gasteiger partial charge is 0.306 e. The van der Waals surface area contributed by atoms with Crippen LogP contribution in [0.15, 0.2) is 24.3 Å². The van der Waals surface area contributed by atoms with E-state index in [1.165, 1.54) is 0 Å². The van der Waals surface area contributed by atoms with Crippen LogP contribution in [0.5, 0.6) is 0 Å². The van der Waals surface area contributed by atoms with Gasteiger partial charge in [0.15, 0.2) is 0 Å². The lowest BCUT2D eigenvalue weighted by Crippen LogP contribution is -2.29. The molecule has 2 N–H and O–H groups in total. The Bertz CT molecular complexity index is 489. The zero-order chi connectivity index (χ0) is 13.8. The molecular formula is C14H16ClNO3. The molecule has 0 heterocycles. The van der Waals surface area contributed by atoms with Crippen molar-refractivity contribution in [3.8, 4) is 0 Å². The maximum Gasteiger partial charge on any atom is 0.306 e. The van der Waals surface area contributed by atoms with Gasteiger partial charge in [0.25, 0.3) is 0 Å². The first-order valence-corrected chi connectivity index (χ1v) is 6.69. The molecule has 0 aliphatic heterocycles. The van der Waals surface area contributed by atoms with E-state index in [4.69, 9.17) is 16.7 Å². The number of benzene rings is 1. The Hall–Kier alpha value is -1.55. The van der Waals surface area contributed by atoms with E-state index in [1.807, 2.05) is 12.1 Å². The third-order valence-corrected chi connectivity index (χ3v) is 3.74. The van der Waals surface area contributed by atoms with Gasteiger partial charge in [-0.2, -0.15) is 0 Å². The summed E-state index contributed by atoms with van der Waals surface area (Å²) in [6, 6.07) is 7.30. The van der Waals surface area contributed by atoms with Crippen LogP contribution in [-0.2, 0) is 16.1 Å². The predicted octanol–water partition coefficient (Wildman–Crippen LogP) is 2.46. The summed E-state index contributed by atoms with van der Waals surface area (Å²) >= 11 is 5.86. The minimum atomic E-state index is -0.801. The highest BCUT2D eigenvalue weighted by Gasteiger charge is 2.33. The fraction of sp³-hybridized carbons (Fsp3) is 0.429. The van der Waals surface area contributed by atoms with Crippen molar-refractivity contribution in [2.45, 2.75) is 25.8 Å². The molecule has 0 saturated heterocycles. The van der Waals surface area contributed by atoms with Crippen molar-refractivity contribution in [1.29, 1.82) is 0 Å². The first-order valence-electron chi connectivity index (χ1n) is 6.31. The summed E-state index contributed by atoms with van der Waals surface area (Å²) in [5.41, 5.74) is 0.939. The second-order valence-corrected chi connectivity index (χ2v) is 5.33. The van der Waals surface area contributed by atoms with Gasteiger partial charge in [-0.1, -0.05) is 23.7 Å². The molecule has 19 heavy (non-hydrogen) atoms. The van der Waals surface area contributed by atoms with Crippen molar-refractivity contribution in [2.24, 2.45) is 11.8 Å². The predicted molar refractivity (Wildman–Crippen MR) is 71.8 cm³/mol. The zero-order valence-corrected chi connectivity index (χ0v) is 11.2. The number of carboxylic acid groups (broad SMARTS) is 1. The average Bonchev–Trinajstić information content (AvgIpc) is 2.86. The summed E-state index contributed by atoms with van der Waals surface area (Å²) in [4.78, 5) is 22.8. The monoisotopic (exact) mass is 281 g/mol. The molecular weight excluding hydrogens is 266 g/mol. The van der Waals surface area contributed by atoms with Gasteiger partial charge in [-0.25, -0.2) is 0 Å². The lowest BCUT2D eigenvalue weighted by atomic mass is 10.0. The third kappa shape index (κ3) is 3.70. The van der Waals surface area contributed by atoms with Gasteiger partial charge in [-0.05, 0) is 37.0 Å². The number of hydrogen-bond donors (Lipinski definition) is 2. The first kappa shape index (κ1) is 13.9. The fourth-order valence-electron chi connectivity index (χ4n) is 2.42. The molecule has 2 rings (SSSR count). The summed E-state index contributed by atoms with van der Waals surface area (Å²) in [7, 11) is 0. The van der Waals surface area contributed by atoms with Gasteiger partial charge in [-0.3, -0.25) is 9.59 Å². The number of rotatable bonds is 4. The van der Waals surface area contributed by atoms with E-state index in [9.17, 15) is 9.59 Å². The lowest BCUT2D eigenvalue weighted by Gasteiger charge is -2.11. The molecule has 0 bridgehead atoms. The van der Waals surface area contributed by atoms with Gasteiger partial charge in [0.2, 0.25) is 5.91 Å². The van der Waals surface area contributed by atoms with E-state index in [0.29, 0.717) is 30.8 Å². The quantitative estimate of drug-likeness (QED) is 0.891. The zero-order valence-electron chi connectivity index (χ0n) is 10.4. The Kier molecular flexibility index (Phi) is 4.43. The number of hydrogen-bond acceptors (Lipinski definition) is 2. The molecule has 1 aromatic rings. The minimum Gasteiger partial charge on any atom is -0.481 e. The van der Waals surface area contributed by atoms with E-state index in [0.717, 1.165) is 5.56 Å². The highest BCUT2D eigenvalue weighted by Crippen LogP contribution is 2.31. The summed E-state index contributed by atoms with van der Waals surface area (Å²) < 4.78 is 0. The van der Waals surface area contributed by atoms with Crippen LogP contribution in [0, 0.1) is 11.8 Å². The van der Waals surface area contributed by atoms with Crippen molar-refractivity contribution >= 4 is 23.5 Å². The molecule has 4 nitrogen and oxygen atoms in total. The maximum absolute atomic E-state index is 11.9. The molecule has 1 aromatic carbocycles. The Balaban J connectivity index is 1.84. The van der Waals surface area contributed by atoms with Gasteiger partial charge < -0.3 is 10.4 Å². The van der Waals surface area contributed by atoms with Crippen molar-refractivity contribution in [1.82, 2.24) is 5.32 Å². The minimum absolute atomic E-state index is 0.0660. The number of aliphatic carboxylic acids is 1. The number of nitrogens with one attached hydrogen (secondary N) is 1. The SMILES string of the molecule is O=C(O)[C@@H]1CC[C@H](C(=O)NCc2cccc(Cl)c2)C1. The second-order valence-electron chi connectivity index (χ2n) is 4.89. The van der Waals surface area contributed by atoms with Crippen LogP contribution in [0.2, 0.25) is 5.02 Å². The number of carboxylic acids is 1. The Morgan fingerprint density at radius 1 is 1.32 bits per heavy atom. The Morgan fingerprint density at radius 2 is 2.05 bits per heavy atom. The lowest BCUT2D eigenvalue weighted by molar-refractivity contribution is -0.141. The standard InChI is InChI=1S/C14H16ClNO3/c15-12-3-1-2-9(6-12)8-16-13(17)10-4-5-11(7-10)14(18)19/h1-3,6,10-11H,4-5,7-8H2,(H,16,17)(H,18,19)/t10-,11+/m0/s1. The number of carbonyl (C=O) groups excluding carboxylic acids is 1. The van der Waals surface area contributed by atoms with E-state index >= 15 is 0 Å². The van der Waals surface area contributed by atoms with Crippen LogP contribution in [0.4, 0.5) is 0 Å². The molecule has 0 radical (unpaired) electrons. The average molecular weight is 282 g/mol. The van der Waals surface area contributed by atoms with Gasteiger partial charge in [0.05, 0.1) is 5.92 Å². The summed E-state index contributed by atoms with van der Waals surface area (Å²) in [6.07, 6.45) is 1.68. The van der Waals surface area contributed by atoms with E-state index in [2.05, 4.69) is 5.32 Å². The molecule has 0 aromatic heterocycles. The molecule has 1 fully saturated rings. The summed E-state index contributed by atoms with van der Waals surface area (Å²) in [5.74, 6) is -1.42. The van der Waals surface area contributed by atoms with Crippen molar-refractivity contribution in [2.75, 3.05) is 0 Å². The third-order valence-electron chi connectivity index (χ3n) is 3.51. The topological polar surface area (TPSA) is 66.4 Å². The second kappa shape index (κ2) is 6.06.